The molecule has 140 valence electrons. The highest BCUT2D eigenvalue weighted by Gasteiger charge is 2.33. The van der Waals surface area contributed by atoms with Crippen LogP contribution < -0.4 is 0 Å². The molecule has 1 unspecified atom stereocenters. The number of nitrogens with zero attached hydrogens (tertiary/aromatic N) is 1. The van der Waals surface area contributed by atoms with Crippen molar-refractivity contribution in [2.75, 3.05) is 18.8 Å². The third-order valence-corrected chi connectivity index (χ3v) is 6.75. The van der Waals surface area contributed by atoms with Gasteiger partial charge < -0.3 is 9.64 Å². The lowest BCUT2D eigenvalue weighted by Crippen LogP contribution is -2.40. The van der Waals surface area contributed by atoms with Gasteiger partial charge in [-0.15, -0.1) is 0 Å². The predicted octanol–water partition coefficient (Wildman–Crippen LogP) is 3.98. The van der Waals surface area contributed by atoms with Crippen molar-refractivity contribution in [1.82, 2.24) is 4.90 Å². The van der Waals surface area contributed by atoms with E-state index in [9.17, 15) is 13.2 Å². The van der Waals surface area contributed by atoms with Gasteiger partial charge in [0, 0.05) is 13.1 Å². The summed E-state index contributed by atoms with van der Waals surface area (Å²) in [7, 11) is -3.53. The monoisotopic (exact) mass is 367 g/mol. The standard InChI is InChI=1S/C19H29NO4S/c1-5-15(2)16-8-10-17(11-9-16)25(22,23)14-19(3,4)24-18(21)20-12-6-7-13-20/h8-11,15H,5-7,12-14H2,1-4H3. The van der Waals surface area contributed by atoms with Crippen LogP contribution in [0.2, 0.25) is 0 Å². The number of carbonyl (C=O) groups excluding carboxylic acids is 1. The molecule has 1 aromatic carbocycles. The van der Waals surface area contributed by atoms with Gasteiger partial charge in [-0.3, -0.25) is 0 Å². The molecule has 1 aromatic rings. The molecule has 0 aromatic heterocycles. The lowest BCUT2D eigenvalue weighted by atomic mass is 9.99. The molecular weight excluding hydrogens is 338 g/mol. The van der Waals surface area contributed by atoms with E-state index in [2.05, 4.69) is 13.8 Å². The molecule has 25 heavy (non-hydrogen) atoms. The van der Waals surface area contributed by atoms with Gasteiger partial charge in [0.1, 0.15) is 5.60 Å². The fourth-order valence-corrected chi connectivity index (χ4v) is 4.70. The number of carbonyl (C=O) groups is 1. The van der Waals surface area contributed by atoms with Gasteiger partial charge in [0.25, 0.3) is 0 Å². The molecule has 1 heterocycles. The highest BCUT2D eigenvalue weighted by Crippen LogP contribution is 2.24. The van der Waals surface area contributed by atoms with Crippen LogP contribution in [0.25, 0.3) is 0 Å². The SMILES string of the molecule is CCC(C)c1ccc(S(=O)(=O)CC(C)(C)OC(=O)N2CCCC2)cc1. The van der Waals surface area contributed by atoms with Gasteiger partial charge in [0.2, 0.25) is 0 Å². The van der Waals surface area contributed by atoms with E-state index < -0.39 is 21.5 Å². The molecule has 0 bridgehead atoms. The van der Waals surface area contributed by atoms with Crippen LogP contribution in [0, 0.1) is 0 Å². The minimum Gasteiger partial charge on any atom is -0.442 e. The van der Waals surface area contributed by atoms with Crippen molar-refractivity contribution in [3.05, 3.63) is 29.8 Å². The summed E-state index contributed by atoms with van der Waals surface area (Å²) in [4.78, 5) is 14.0. The molecule has 5 nitrogen and oxygen atoms in total. The van der Waals surface area contributed by atoms with E-state index in [1.54, 1.807) is 30.9 Å². The summed E-state index contributed by atoms with van der Waals surface area (Å²) in [6.07, 6.45) is 2.52. The Morgan fingerprint density at radius 2 is 1.76 bits per heavy atom. The van der Waals surface area contributed by atoms with E-state index in [4.69, 9.17) is 4.74 Å². The van der Waals surface area contributed by atoms with E-state index >= 15 is 0 Å². The molecule has 1 aliphatic rings. The summed E-state index contributed by atoms with van der Waals surface area (Å²) in [5.74, 6) is 0.164. The Morgan fingerprint density at radius 3 is 2.28 bits per heavy atom. The van der Waals surface area contributed by atoms with Crippen LogP contribution in [0.4, 0.5) is 4.79 Å². The van der Waals surface area contributed by atoms with Gasteiger partial charge >= 0.3 is 6.09 Å². The van der Waals surface area contributed by atoms with Gasteiger partial charge in [0.15, 0.2) is 9.84 Å². The van der Waals surface area contributed by atoms with Crippen LogP contribution in [0.1, 0.15) is 58.4 Å². The van der Waals surface area contributed by atoms with Crippen LogP contribution in [-0.4, -0.2) is 43.9 Å². The molecule has 6 heteroatoms. The minimum atomic E-state index is -3.53. The maximum absolute atomic E-state index is 12.7. The lowest BCUT2D eigenvalue weighted by molar-refractivity contribution is 0.0314. The Balaban J connectivity index is 2.06. The van der Waals surface area contributed by atoms with E-state index in [0.29, 0.717) is 19.0 Å². The average molecular weight is 368 g/mol. The van der Waals surface area contributed by atoms with Crippen molar-refractivity contribution >= 4 is 15.9 Å². The molecule has 1 saturated heterocycles. The normalized spacial score (nSPS) is 16.7. The number of ether oxygens (including phenoxy) is 1. The highest BCUT2D eigenvalue weighted by atomic mass is 32.2. The van der Waals surface area contributed by atoms with Crippen molar-refractivity contribution in [3.8, 4) is 0 Å². The van der Waals surface area contributed by atoms with E-state index in [0.717, 1.165) is 24.8 Å². The molecule has 1 amide bonds. The Bertz CT molecular complexity index is 689. The van der Waals surface area contributed by atoms with Crippen molar-refractivity contribution in [2.45, 2.75) is 63.4 Å². The fourth-order valence-electron chi connectivity index (χ4n) is 3.01. The van der Waals surface area contributed by atoms with Gasteiger partial charge in [0.05, 0.1) is 10.6 Å². The molecule has 1 fully saturated rings. The number of benzene rings is 1. The summed E-state index contributed by atoms with van der Waals surface area (Å²) in [6.45, 7) is 8.87. The van der Waals surface area contributed by atoms with E-state index in [1.165, 1.54) is 0 Å². The highest BCUT2D eigenvalue weighted by molar-refractivity contribution is 7.91. The molecule has 0 aliphatic carbocycles. The number of likely N-dealkylation sites (tertiary alicyclic amines) is 1. The molecule has 0 spiro atoms. The molecule has 1 aliphatic heterocycles. The maximum atomic E-state index is 12.7. The van der Waals surface area contributed by atoms with Gasteiger partial charge in [-0.25, -0.2) is 13.2 Å². The lowest BCUT2D eigenvalue weighted by Gasteiger charge is -2.27. The van der Waals surface area contributed by atoms with Crippen LogP contribution in [-0.2, 0) is 14.6 Å². The number of hydrogen-bond acceptors (Lipinski definition) is 4. The summed E-state index contributed by atoms with van der Waals surface area (Å²) >= 11 is 0. The third-order valence-electron chi connectivity index (χ3n) is 4.69. The van der Waals surface area contributed by atoms with Crippen LogP contribution in [0.3, 0.4) is 0 Å². The summed E-state index contributed by atoms with van der Waals surface area (Å²) in [6, 6.07) is 7.03. The maximum Gasteiger partial charge on any atom is 0.410 e. The summed E-state index contributed by atoms with van der Waals surface area (Å²) in [5, 5.41) is 0. The first-order chi connectivity index (χ1) is 11.6. The second kappa shape index (κ2) is 7.77. The summed E-state index contributed by atoms with van der Waals surface area (Å²) in [5.41, 5.74) is 0.0506. The quantitative estimate of drug-likeness (QED) is 0.763. The van der Waals surface area contributed by atoms with Gasteiger partial charge in [-0.1, -0.05) is 26.0 Å². The molecule has 0 N–H and O–H groups in total. The fraction of sp³-hybridized carbons (Fsp3) is 0.632. The van der Waals surface area contributed by atoms with Crippen LogP contribution in [0.5, 0.6) is 0 Å². The van der Waals surface area contributed by atoms with Crippen LogP contribution >= 0.6 is 0 Å². The Kier molecular flexibility index (Phi) is 6.14. The third kappa shape index (κ3) is 5.21. The molecular formula is C19H29NO4S. The van der Waals surface area contributed by atoms with Crippen molar-refractivity contribution in [3.63, 3.8) is 0 Å². The number of sulfone groups is 1. The second-order valence-corrected chi connectivity index (χ2v) is 9.45. The summed E-state index contributed by atoms with van der Waals surface area (Å²) < 4.78 is 30.9. The Hall–Kier alpha value is -1.56. The number of hydrogen-bond donors (Lipinski definition) is 0. The zero-order valence-electron chi connectivity index (χ0n) is 15.6. The molecule has 1 atom stereocenters. The molecule has 2 rings (SSSR count). The first-order valence-corrected chi connectivity index (χ1v) is 10.6. The topological polar surface area (TPSA) is 63.7 Å². The Morgan fingerprint density at radius 1 is 1.20 bits per heavy atom. The second-order valence-electron chi connectivity index (χ2n) is 7.46. The first-order valence-electron chi connectivity index (χ1n) is 8.95. The zero-order valence-corrected chi connectivity index (χ0v) is 16.4. The largest absolute Gasteiger partial charge is 0.442 e. The van der Waals surface area contributed by atoms with Crippen LogP contribution in [0.15, 0.2) is 29.2 Å². The van der Waals surface area contributed by atoms with Crippen molar-refractivity contribution in [1.29, 1.82) is 0 Å². The zero-order chi connectivity index (χ0) is 18.7. The predicted molar refractivity (Wildman–Crippen MR) is 98.6 cm³/mol. The van der Waals surface area contributed by atoms with Crippen molar-refractivity contribution in [2.24, 2.45) is 0 Å². The number of rotatable bonds is 6. The number of amides is 1. The molecule has 0 saturated carbocycles. The molecule has 0 radical (unpaired) electrons. The minimum absolute atomic E-state index is 0.234. The van der Waals surface area contributed by atoms with Gasteiger partial charge in [-0.2, -0.15) is 0 Å². The first kappa shape index (κ1) is 19.8. The smallest absolute Gasteiger partial charge is 0.410 e. The van der Waals surface area contributed by atoms with Crippen molar-refractivity contribution < 1.29 is 17.9 Å². The van der Waals surface area contributed by atoms with E-state index in [1.807, 2.05) is 12.1 Å². The van der Waals surface area contributed by atoms with E-state index in [-0.39, 0.29) is 10.6 Å². The average Bonchev–Trinajstić information content (AvgIpc) is 3.07. The van der Waals surface area contributed by atoms with Gasteiger partial charge in [-0.05, 0) is 56.7 Å². The Labute approximate surface area is 151 Å².